The minimum absolute atomic E-state index is 0.0979. The van der Waals surface area contributed by atoms with Gasteiger partial charge in [0.15, 0.2) is 6.29 Å². The maximum Gasteiger partial charge on any atom is 0.306 e. The van der Waals surface area contributed by atoms with Gasteiger partial charge < -0.3 is 14.2 Å². The molecule has 0 unspecified atom stereocenters. The molecule has 0 bridgehead atoms. The fraction of sp³-hybridized carbons (Fsp3) is 0.923. The van der Waals surface area contributed by atoms with E-state index in [1.807, 2.05) is 13.8 Å². The number of hydrogen-bond acceptors (Lipinski definition) is 5. The second-order valence-electron chi connectivity index (χ2n) is 4.61. The van der Waals surface area contributed by atoms with Crippen molar-refractivity contribution in [3.63, 3.8) is 0 Å². The van der Waals surface area contributed by atoms with Crippen LogP contribution in [0.2, 0.25) is 0 Å². The summed E-state index contributed by atoms with van der Waals surface area (Å²) in [6.07, 6.45) is 2.68. The van der Waals surface area contributed by atoms with Crippen LogP contribution in [0.15, 0.2) is 0 Å². The number of esters is 1. The molecule has 0 saturated heterocycles. The molecule has 1 rings (SSSR count). The molecule has 1 saturated carbocycles. The molecule has 4 nitrogen and oxygen atoms in total. The van der Waals surface area contributed by atoms with Crippen LogP contribution in [0.1, 0.15) is 33.1 Å². The summed E-state index contributed by atoms with van der Waals surface area (Å²) in [7, 11) is 1.45. The first kappa shape index (κ1) is 15.8. The minimum atomic E-state index is -0.126. The van der Waals surface area contributed by atoms with E-state index in [1.165, 1.54) is 7.11 Å². The molecule has 0 aromatic carbocycles. The second-order valence-corrected chi connectivity index (χ2v) is 5.64. The smallest absolute Gasteiger partial charge is 0.306 e. The van der Waals surface area contributed by atoms with E-state index >= 15 is 0 Å². The Morgan fingerprint density at radius 3 is 2.33 bits per heavy atom. The first-order chi connectivity index (χ1) is 8.65. The first-order valence-electron chi connectivity index (χ1n) is 6.53. The van der Waals surface area contributed by atoms with Gasteiger partial charge >= 0.3 is 5.97 Å². The van der Waals surface area contributed by atoms with Gasteiger partial charge in [0.2, 0.25) is 0 Å². The molecule has 18 heavy (non-hydrogen) atoms. The molecule has 0 aliphatic heterocycles. The van der Waals surface area contributed by atoms with Crippen LogP contribution in [0.4, 0.5) is 0 Å². The summed E-state index contributed by atoms with van der Waals surface area (Å²) in [5.74, 6) is 1.71. The highest BCUT2D eigenvalue weighted by atomic mass is 32.2. The van der Waals surface area contributed by atoms with Gasteiger partial charge in [-0.05, 0) is 37.9 Å². The Kier molecular flexibility index (Phi) is 7.04. The lowest BCUT2D eigenvalue weighted by Crippen LogP contribution is -2.21. The monoisotopic (exact) mass is 276 g/mol. The minimum Gasteiger partial charge on any atom is -0.469 e. The van der Waals surface area contributed by atoms with E-state index in [2.05, 4.69) is 0 Å². The van der Waals surface area contributed by atoms with E-state index in [1.54, 1.807) is 11.8 Å². The molecule has 1 aliphatic carbocycles. The third-order valence-electron chi connectivity index (χ3n) is 3.07. The highest BCUT2D eigenvalue weighted by molar-refractivity contribution is 7.99. The summed E-state index contributed by atoms with van der Waals surface area (Å²) < 4.78 is 15.7. The molecule has 0 aromatic rings. The van der Waals surface area contributed by atoms with Crippen molar-refractivity contribution in [1.29, 1.82) is 0 Å². The number of carbonyl (C=O) groups is 1. The maximum atomic E-state index is 11.3. The molecular formula is C13H24O4S. The average molecular weight is 276 g/mol. The van der Waals surface area contributed by atoms with Gasteiger partial charge in [-0.3, -0.25) is 4.79 Å². The summed E-state index contributed by atoms with van der Waals surface area (Å²) in [6.45, 7) is 5.27. The Hall–Kier alpha value is -0.260. The van der Waals surface area contributed by atoms with Gasteiger partial charge in [0.25, 0.3) is 0 Å². The normalized spacial score (nSPS) is 16.9. The number of methoxy groups -OCH3 is 1. The van der Waals surface area contributed by atoms with E-state index < -0.39 is 0 Å². The molecule has 1 aliphatic rings. The molecule has 106 valence electrons. The predicted octanol–water partition coefficient (Wildman–Crippen LogP) is 2.46. The largest absolute Gasteiger partial charge is 0.469 e. The van der Waals surface area contributed by atoms with E-state index in [4.69, 9.17) is 14.2 Å². The van der Waals surface area contributed by atoms with Crippen LogP contribution >= 0.6 is 11.8 Å². The van der Waals surface area contributed by atoms with Gasteiger partial charge in [-0.15, -0.1) is 0 Å². The summed E-state index contributed by atoms with van der Waals surface area (Å²) in [5, 5.41) is 0. The van der Waals surface area contributed by atoms with Gasteiger partial charge in [-0.2, -0.15) is 11.8 Å². The van der Waals surface area contributed by atoms with Crippen LogP contribution in [-0.2, 0) is 19.0 Å². The van der Waals surface area contributed by atoms with Gasteiger partial charge in [-0.1, -0.05) is 0 Å². The van der Waals surface area contributed by atoms with Gasteiger partial charge in [0, 0.05) is 19.0 Å². The Bertz CT molecular complexity index is 247. The molecule has 0 spiro atoms. The fourth-order valence-electron chi connectivity index (χ4n) is 1.82. The van der Waals surface area contributed by atoms with Crippen LogP contribution in [0, 0.1) is 5.41 Å². The third kappa shape index (κ3) is 5.59. The Morgan fingerprint density at radius 2 is 1.89 bits per heavy atom. The molecule has 0 radical (unpaired) electrons. The van der Waals surface area contributed by atoms with Crippen molar-refractivity contribution in [1.82, 2.24) is 0 Å². The van der Waals surface area contributed by atoms with Gasteiger partial charge in [-0.25, -0.2) is 0 Å². The van der Waals surface area contributed by atoms with Crippen molar-refractivity contribution in [2.24, 2.45) is 5.41 Å². The first-order valence-corrected chi connectivity index (χ1v) is 7.69. The zero-order chi connectivity index (χ0) is 13.4. The molecule has 0 N–H and O–H groups in total. The summed E-state index contributed by atoms with van der Waals surface area (Å²) >= 11 is 1.81. The van der Waals surface area contributed by atoms with E-state index in [9.17, 15) is 4.79 Å². The lowest BCUT2D eigenvalue weighted by Gasteiger charge is -2.18. The standard InChI is InChI=1S/C13H24O4S/c1-4-16-12(17-5-2)9-18-10-13(6-7-13)8-11(14)15-3/h12H,4-10H2,1-3H3. The maximum absolute atomic E-state index is 11.3. The lowest BCUT2D eigenvalue weighted by molar-refractivity contribution is -0.141. The quantitative estimate of drug-likeness (QED) is 0.453. The van der Waals surface area contributed by atoms with Crippen molar-refractivity contribution in [2.75, 3.05) is 31.8 Å². The zero-order valence-electron chi connectivity index (χ0n) is 11.6. The SMILES string of the molecule is CCOC(CSCC1(CC(=O)OC)CC1)OCC. The topological polar surface area (TPSA) is 44.8 Å². The zero-order valence-corrected chi connectivity index (χ0v) is 12.4. The van der Waals surface area contributed by atoms with E-state index in [0.717, 1.165) is 24.3 Å². The number of carbonyl (C=O) groups excluding carboxylic acids is 1. The van der Waals surface area contributed by atoms with Crippen molar-refractivity contribution >= 4 is 17.7 Å². The predicted molar refractivity (Wildman–Crippen MR) is 72.7 cm³/mol. The summed E-state index contributed by atoms with van der Waals surface area (Å²) in [4.78, 5) is 11.3. The van der Waals surface area contributed by atoms with Crippen LogP contribution in [0.5, 0.6) is 0 Å². The highest BCUT2D eigenvalue weighted by Gasteiger charge is 2.44. The van der Waals surface area contributed by atoms with Crippen molar-refractivity contribution < 1.29 is 19.0 Å². The van der Waals surface area contributed by atoms with E-state index in [0.29, 0.717) is 19.6 Å². The number of thioether (sulfide) groups is 1. The molecular weight excluding hydrogens is 252 g/mol. The Morgan fingerprint density at radius 1 is 1.28 bits per heavy atom. The van der Waals surface area contributed by atoms with Crippen LogP contribution < -0.4 is 0 Å². The van der Waals surface area contributed by atoms with Gasteiger partial charge in [0.05, 0.1) is 13.5 Å². The summed E-state index contributed by atoms with van der Waals surface area (Å²) in [6, 6.07) is 0. The lowest BCUT2D eigenvalue weighted by atomic mass is 10.1. The molecule has 0 atom stereocenters. The third-order valence-corrected chi connectivity index (χ3v) is 4.40. The number of rotatable bonds is 10. The average Bonchev–Trinajstić information content (AvgIpc) is 3.09. The molecule has 1 fully saturated rings. The Balaban J connectivity index is 2.21. The fourth-order valence-corrected chi connectivity index (χ4v) is 3.14. The van der Waals surface area contributed by atoms with Crippen LogP contribution in [-0.4, -0.2) is 44.1 Å². The van der Waals surface area contributed by atoms with Gasteiger partial charge in [0.1, 0.15) is 0 Å². The van der Waals surface area contributed by atoms with Crippen molar-refractivity contribution in [2.45, 2.75) is 39.4 Å². The number of ether oxygens (including phenoxy) is 3. The van der Waals surface area contributed by atoms with Crippen LogP contribution in [0.25, 0.3) is 0 Å². The van der Waals surface area contributed by atoms with Crippen molar-refractivity contribution in [3.8, 4) is 0 Å². The molecule has 5 heteroatoms. The highest BCUT2D eigenvalue weighted by Crippen LogP contribution is 2.51. The molecule has 0 amide bonds. The van der Waals surface area contributed by atoms with Crippen LogP contribution in [0.3, 0.4) is 0 Å². The number of hydrogen-bond donors (Lipinski definition) is 0. The molecule has 0 aromatic heterocycles. The van der Waals surface area contributed by atoms with Crippen molar-refractivity contribution in [3.05, 3.63) is 0 Å². The second kappa shape index (κ2) is 8.02. The summed E-state index contributed by atoms with van der Waals surface area (Å²) in [5.41, 5.74) is 0.181. The van der Waals surface area contributed by atoms with E-state index in [-0.39, 0.29) is 17.7 Å². The Labute approximate surface area is 114 Å². The molecule has 0 heterocycles.